The molecule has 4 aliphatic rings. The maximum absolute atomic E-state index is 15.4. The fourth-order valence-electron chi connectivity index (χ4n) is 9.40. The molecule has 3 aromatic rings. The molecular formula is C43H51F2N5O5. The van der Waals surface area contributed by atoms with Gasteiger partial charge in [0.05, 0.1) is 27.9 Å². The molecule has 0 radical (unpaired) electrons. The van der Waals surface area contributed by atoms with Crippen molar-refractivity contribution >= 4 is 34.1 Å². The standard InChI is InChI=1S/C43H51F2N5O5/c1-6-32-35(45)13-11-28-20-31(51)22-34(38(28)32)27-10-12-33-36(21-27)47-40(48-39(33)46-25-42(16-8-9-17-42)49(5)37(52)7-2)55-26-43(41(3,4)53)23-29(44)24-50(43)30-14-18-54-19-15-30/h1,7,11,13,20-22,29-30,51,53H,2,8-10,12,14-19,23-26H2,3-5H3,(H,46,47,48)/t29-,43+/m1/s1. The van der Waals surface area contributed by atoms with Crippen LogP contribution in [0.1, 0.15) is 87.6 Å². The first-order valence-corrected chi connectivity index (χ1v) is 19.3. The van der Waals surface area contributed by atoms with Crippen molar-refractivity contribution in [1.82, 2.24) is 19.8 Å². The van der Waals surface area contributed by atoms with Gasteiger partial charge in [-0.05, 0) is 99.2 Å². The minimum atomic E-state index is -1.34. The summed E-state index contributed by atoms with van der Waals surface area (Å²) in [5.41, 5.74) is 0.0449. The molecule has 3 heterocycles. The van der Waals surface area contributed by atoms with Gasteiger partial charge in [-0.1, -0.05) is 31.4 Å². The quantitative estimate of drug-likeness (QED) is 0.150. The number of likely N-dealkylation sites (tertiary alicyclic amines) is 1. The summed E-state index contributed by atoms with van der Waals surface area (Å²) in [5, 5.41) is 27.2. The van der Waals surface area contributed by atoms with E-state index in [0.717, 1.165) is 49.7 Å². The van der Waals surface area contributed by atoms with Crippen LogP contribution in [0.3, 0.4) is 0 Å². The zero-order valence-electron chi connectivity index (χ0n) is 32.0. The van der Waals surface area contributed by atoms with Crippen LogP contribution in [-0.2, 0) is 16.0 Å². The lowest BCUT2D eigenvalue weighted by Crippen LogP contribution is -2.65. The summed E-state index contributed by atoms with van der Waals surface area (Å²) in [6.07, 6.45) is 14.0. The van der Waals surface area contributed by atoms with E-state index in [2.05, 4.69) is 22.7 Å². The third-order valence-electron chi connectivity index (χ3n) is 12.6. The molecule has 12 heteroatoms. The van der Waals surface area contributed by atoms with Crippen molar-refractivity contribution in [3.8, 4) is 24.1 Å². The van der Waals surface area contributed by atoms with Gasteiger partial charge in [0.25, 0.3) is 0 Å². The molecule has 0 unspecified atom stereocenters. The number of halogens is 2. The number of hydrogen-bond acceptors (Lipinski definition) is 9. The van der Waals surface area contributed by atoms with E-state index in [0.29, 0.717) is 60.4 Å². The van der Waals surface area contributed by atoms with Crippen molar-refractivity contribution in [3.05, 3.63) is 65.1 Å². The van der Waals surface area contributed by atoms with Gasteiger partial charge < -0.3 is 29.9 Å². The zero-order chi connectivity index (χ0) is 39.1. The minimum Gasteiger partial charge on any atom is -0.508 e. The van der Waals surface area contributed by atoms with E-state index in [-0.39, 0.29) is 48.8 Å². The van der Waals surface area contributed by atoms with Crippen LogP contribution >= 0.6 is 0 Å². The molecule has 2 aliphatic carbocycles. The first-order valence-electron chi connectivity index (χ1n) is 19.3. The number of carbonyl (C=O) groups excluding carboxylic acids is 1. The van der Waals surface area contributed by atoms with Crippen LogP contribution in [0.4, 0.5) is 14.6 Å². The predicted molar refractivity (Wildman–Crippen MR) is 209 cm³/mol. The molecule has 3 fully saturated rings. The maximum atomic E-state index is 15.4. The molecule has 1 aromatic heterocycles. The molecule has 2 saturated heterocycles. The van der Waals surface area contributed by atoms with Gasteiger partial charge in [-0.25, -0.2) is 8.78 Å². The van der Waals surface area contributed by atoms with Crippen LogP contribution in [0.5, 0.6) is 11.8 Å². The fourth-order valence-corrected chi connectivity index (χ4v) is 9.40. The van der Waals surface area contributed by atoms with Crippen molar-refractivity contribution in [2.24, 2.45) is 0 Å². The number of terminal acetylenes is 1. The normalized spacial score (nSPS) is 22.9. The highest BCUT2D eigenvalue weighted by atomic mass is 19.1. The van der Waals surface area contributed by atoms with Crippen molar-refractivity contribution in [3.63, 3.8) is 0 Å². The number of rotatable bonds is 11. The Morgan fingerprint density at radius 3 is 2.67 bits per heavy atom. The molecular weight excluding hydrogens is 704 g/mol. The predicted octanol–water partition coefficient (Wildman–Crippen LogP) is 6.42. The Balaban J connectivity index is 1.30. The largest absolute Gasteiger partial charge is 0.508 e. The Morgan fingerprint density at radius 2 is 1.98 bits per heavy atom. The third-order valence-corrected chi connectivity index (χ3v) is 12.6. The van der Waals surface area contributed by atoms with Gasteiger partial charge in [-0.15, -0.1) is 6.42 Å². The molecule has 1 amide bonds. The van der Waals surface area contributed by atoms with E-state index in [1.54, 1.807) is 36.9 Å². The Hall–Kier alpha value is -4.57. The number of phenols is 1. The Morgan fingerprint density at radius 1 is 1.24 bits per heavy atom. The van der Waals surface area contributed by atoms with Gasteiger partial charge in [0.1, 0.15) is 30.2 Å². The molecule has 0 spiro atoms. The monoisotopic (exact) mass is 755 g/mol. The summed E-state index contributed by atoms with van der Waals surface area (Å²) in [5.74, 6) is 2.39. The lowest BCUT2D eigenvalue weighted by atomic mass is 9.79. The minimum absolute atomic E-state index is 0.0180. The Kier molecular flexibility index (Phi) is 10.7. The average molecular weight is 756 g/mol. The number of fused-ring (bicyclic) bond motifs is 2. The number of hydrogen-bond donors (Lipinski definition) is 3. The van der Waals surface area contributed by atoms with Crippen LogP contribution in [0.15, 0.2) is 36.9 Å². The molecule has 292 valence electrons. The number of allylic oxidation sites excluding steroid dienone is 1. The van der Waals surface area contributed by atoms with Crippen LogP contribution in [0, 0.1) is 18.2 Å². The third kappa shape index (κ3) is 7.18. The smallest absolute Gasteiger partial charge is 0.318 e. The van der Waals surface area contributed by atoms with Crippen molar-refractivity contribution < 1.29 is 33.3 Å². The van der Waals surface area contributed by atoms with E-state index < -0.39 is 28.7 Å². The topological polar surface area (TPSA) is 120 Å². The molecule has 2 atom stereocenters. The number of likely N-dealkylation sites (N-methyl/N-ethyl adjacent to an activating group) is 1. The van der Waals surface area contributed by atoms with Crippen LogP contribution in [0.2, 0.25) is 0 Å². The number of aromatic nitrogens is 2. The summed E-state index contributed by atoms with van der Waals surface area (Å²) >= 11 is 0. The highest BCUT2D eigenvalue weighted by Crippen LogP contribution is 2.44. The van der Waals surface area contributed by atoms with Crippen LogP contribution < -0.4 is 10.1 Å². The Bertz CT molecular complexity index is 2050. The lowest BCUT2D eigenvalue weighted by molar-refractivity contribution is -0.129. The van der Waals surface area contributed by atoms with E-state index in [4.69, 9.17) is 25.9 Å². The molecule has 2 aliphatic heterocycles. The number of aliphatic hydroxyl groups is 1. The molecule has 7 rings (SSSR count). The van der Waals surface area contributed by atoms with Gasteiger partial charge in [-0.3, -0.25) is 9.69 Å². The average Bonchev–Trinajstić information content (AvgIpc) is 3.81. The second-order valence-corrected chi connectivity index (χ2v) is 16.1. The number of nitrogens with zero attached hydrogens (tertiary/aromatic N) is 4. The summed E-state index contributed by atoms with van der Waals surface area (Å²) in [7, 11) is 1.81. The number of amides is 1. The summed E-state index contributed by atoms with van der Waals surface area (Å²) in [6, 6.07) is 6.12. The van der Waals surface area contributed by atoms with E-state index >= 15 is 8.78 Å². The molecule has 2 aromatic carbocycles. The van der Waals surface area contributed by atoms with E-state index in [1.165, 1.54) is 12.1 Å². The second kappa shape index (κ2) is 15.2. The molecule has 10 nitrogen and oxygen atoms in total. The number of alkyl halides is 1. The molecule has 3 N–H and O–H groups in total. The van der Waals surface area contributed by atoms with Gasteiger partial charge in [-0.2, -0.15) is 9.97 Å². The summed E-state index contributed by atoms with van der Waals surface area (Å²) in [6.45, 7) is 8.79. The van der Waals surface area contributed by atoms with Gasteiger partial charge >= 0.3 is 6.01 Å². The van der Waals surface area contributed by atoms with Crippen LogP contribution in [-0.4, -0.2) is 105 Å². The first kappa shape index (κ1) is 38.7. The van der Waals surface area contributed by atoms with E-state index in [9.17, 15) is 15.0 Å². The van der Waals surface area contributed by atoms with Crippen LogP contribution in [0.25, 0.3) is 22.4 Å². The maximum Gasteiger partial charge on any atom is 0.318 e. The van der Waals surface area contributed by atoms with Crippen molar-refractivity contribution in [2.75, 3.05) is 45.3 Å². The van der Waals surface area contributed by atoms with E-state index in [1.807, 2.05) is 13.1 Å². The van der Waals surface area contributed by atoms with Crippen molar-refractivity contribution in [2.45, 2.75) is 101 Å². The van der Waals surface area contributed by atoms with Crippen molar-refractivity contribution in [1.29, 1.82) is 0 Å². The second-order valence-electron chi connectivity index (χ2n) is 16.1. The number of nitrogens with one attached hydrogen (secondary N) is 1. The fraction of sp³-hybridized carbons (Fsp3) is 0.512. The lowest BCUT2D eigenvalue weighted by Gasteiger charge is -2.49. The molecule has 1 saturated carbocycles. The number of benzene rings is 2. The number of aromatic hydroxyl groups is 1. The summed E-state index contributed by atoms with van der Waals surface area (Å²) < 4.78 is 42.6. The van der Waals surface area contributed by atoms with Gasteiger partial charge in [0, 0.05) is 56.8 Å². The molecule has 0 bridgehead atoms. The van der Waals surface area contributed by atoms with Gasteiger partial charge in [0.15, 0.2) is 0 Å². The highest BCUT2D eigenvalue weighted by Gasteiger charge is 2.57. The number of ether oxygens (including phenoxy) is 2. The highest BCUT2D eigenvalue weighted by molar-refractivity contribution is 6.02. The SMILES string of the molecule is C#Cc1c(F)ccc2cc(O)cc(C3=Cc4nc(OC[C@]5(C(C)(C)O)C[C@@H](F)CN5C5CCOCC5)nc(NCC5(N(C)C(=O)C=C)CCCC5)c4CC3)c12. The number of carbonyl (C=O) groups is 1. The Labute approximate surface area is 321 Å². The molecule has 55 heavy (non-hydrogen) atoms. The number of phenolic OH excluding ortho intramolecular Hbond substituents is 1. The zero-order valence-corrected chi connectivity index (χ0v) is 32.0. The summed E-state index contributed by atoms with van der Waals surface area (Å²) in [4.78, 5) is 26.5. The van der Waals surface area contributed by atoms with Gasteiger partial charge in [0.2, 0.25) is 5.91 Å². The number of anilines is 1. The first-order chi connectivity index (χ1) is 26.3.